The van der Waals surface area contributed by atoms with Gasteiger partial charge in [-0.05, 0) is 25.2 Å². The van der Waals surface area contributed by atoms with Gasteiger partial charge in [0.25, 0.3) is 5.97 Å². The number of hydrogen-bond donors (Lipinski definition) is 0. The molecule has 0 aromatic carbocycles. The minimum atomic E-state index is -0.854. The number of hydrogen-bond acceptors (Lipinski definition) is 3. The van der Waals surface area contributed by atoms with Crippen molar-refractivity contribution in [1.82, 2.24) is 0 Å². The molecule has 0 spiro atoms. The summed E-state index contributed by atoms with van der Waals surface area (Å²) in [6.07, 6.45) is 24.5. The van der Waals surface area contributed by atoms with E-state index in [4.69, 9.17) is 14.2 Å². The van der Waals surface area contributed by atoms with Gasteiger partial charge in [-0.3, -0.25) is 0 Å². The summed E-state index contributed by atoms with van der Waals surface area (Å²) >= 11 is 0. The van der Waals surface area contributed by atoms with Crippen LogP contribution in [0.3, 0.4) is 0 Å². The largest absolute Gasteiger partial charge is 0.331 e. The Labute approximate surface area is 176 Å². The van der Waals surface area contributed by atoms with Crippen LogP contribution in [0.5, 0.6) is 0 Å². The third-order valence-corrected chi connectivity index (χ3v) is 6.00. The Kier molecular flexibility index (Phi) is 19.6. The maximum atomic E-state index is 5.34. The van der Waals surface area contributed by atoms with E-state index in [9.17, 15) is 0 Å². The van der Waals surface area contributed by atoms with Crippen molar-refractivity contribution in [2.24, 2.45) is 5.92 Å². The van der Waals surface area contributed by atoms with E-state index in [0.29, 0.717) is 0 Å². The van der Waals surface area contributed by atoms with Crippen LogP contribution in [0.25, 0.3) is 0 Å². The molecule has 0 aliphatic carbocycles. The van der Waals surface area contributed by atoms with Gasteiger partial charge in [0.15, 0.2) is 0 Å². The summed E-state index contributed by atoms with van der Waals surface area (Å²) < 4.78 is 16.0. The molecule has 28 heavy (non-hydrogen) atoms. The lowest BCUT2D eigenvalue weighted by Gasteiger charge is -2.28. The van der Waals surface area contributed by atoms with Crippen LogP contribution in [0.4, 0.5) is 0 Å². The van der Waals surface area contributed by atoms with Gasteiger partial charge >= 0.3 is 0 Å². The first-order valence-electron chi connectivity index (χ1n) is 12.0. The fourth-order valence-corrected chi connectivity index (χ4v) is 3.93. The van der Waals surface area contributed by atoms with Crippen LogP contribution in [0.15, 0.2) is 12.7 Å². The van der Waals surface area contributed by atoms with Crippen LogP contribution in [0, 0.1) is 5.92 Å². The number of ether oxygens (including phenoxy) is 3. The predicted octanol–water partition coefficient (Wildman–Crippen LogP) is 8.03. The second kappa shape index (κ2) is 19.9. The van der Waals surface area contributed by atoms with Crippen LogP contribution in [-0.4, -0.2) is 27.3 Å². The molecule has 0 aromatic rings. The Morgan fingerprint density at radius 3 is 1.43 bits per heavy atom. The minimum absolute atomic E-state index is 0.728. The van der Waals surface area contributed by atoms with Gasteiger partial charge in [0.1, 0.15) is 0 Å². The molecular weight excluding hydrogens is 348 g/mol. The summed E-state index contributed by atoms with van der Waals surface area (Å²) in [5.41, 5.74) is 0. The molecule has 1 atom stereocenters. The van der Waals surface area contributed by atoms with E-state index < -0.39 is 5.97 Å². The highest BCUT2D eigenvalue weighted by molar-refractivity contribution is 4.78. The van der Waals surface area contributed by atoms with Gasteiger partial charge in [-0.25, -0.2) is 0 Å². The number of rotatable bonds is 22. The average molecular weight is 399 g/mol. The van der Waals surface area contributed by atoms with Gasteiger partial charge in [-0.15, -0.1) is 6.58 Å². The Morgan fingerprint density at radius 2 is 1.04 bits per heavy atom. The third-order valence-electron chi connectivity index (χ3n) is 6.00. The first-order valence-corrected chi connectivity index (χ1v) is 12.0. The SMILES string of the molecule is C=CC(CCCCCCCCCC)CCCCCCCCC(OC)(OC)OC. The standard InChI is InChI=1S/C25H50O3/c1-6-8-9-10-11-12-15-18-21-24(7-2)22-19-16-13-14-17-20-23-25(26-3,27-4)28-5/h7,24H,2,6,8-23H2,1,3-5H3. The van der Waals surface area contributed by atoms with E-state index in [0.717, 1.165) is 18.8 Å². The molecule has 0 heterocycles. The van der Waals surface area contributed by atoms with Crippen molar-refractivity contribution in [3.05, 3.63) is 12.7 Å². The number of methoxy groups -OCH3 is 3. The van der Waals surface area contributed by atoms with Crippen LogP contribution in [0.2, 0.25) is 0 Å². The summed E-state index contributed by atoms with van der Waals surface area (Å²) in [7, 11) is 4.91. The molecule has 0 radical (unpaired) electrons. The van der Waals surface area contributed by atoms with Gasteiger partial charge in [0.05, 0.1) is 0 Å². The molecule has 3 heteroatoms. The van der Waals surface area contributed by atoms with E-state index in [1.807, 2.05) is 0 Å². The zero-order chi connectivity index (χ0) is 20.9. The van der Waals surface area contributed by atoms with Crippen molar-refractivity contribution < 1.29 is 14.2 Å². The maximum Gasteiger partial charge on any atom is 0.282 e. The highest BCUT2D eigenvalue weighted by Gasteiger charge is 2.28. The third kappa shape index (κ3) is 14.6. The Morgan fingerprint density at radius 1 is 0.643 bits per heavy atom. The molecule has 3 nitrogen and oxygen atoms in total. The maximum absolute atomic E-state index is 5.34. The zero-order valence-corrected chi connectivity index (χ0v) is 19.6. The predicted molar refractivity (Wildman–Crippen MR) is 122 cm³/mol. The fourth-order valence-electron chi connectivity index (χ4n) is 3.93. The van der Waals surface area contributed by atoms with Crippen LogP contribution < -0.4 is 0 Å². The number of allylic oxidation sites excluding steroid dienone is 1. The highest BCUT2D eigenvalue weighted by atomic mass is 16.9. The first kappa shape index (κ1) is 27.6. The summed E-state index contributed by atoms with van der Waals surface area (Å²) in [5, 5.41) is 0. The van der Waals surface area contributed by atoms with Gasteiger partial charge < -0.3 is 14.2 Å². The Bertz CT molecular complexity index is 317. The lowest BCUT2D eigenvalue weighted by molar-refractivity contribution is -0.355. The van der Waals surface area contributed by atoms with Crippen molar-refractivity contribution >= 4 is 0 Å². The molecule has 168 valence electrons. The van der Waals surface area contributed by atoms with Gasteiger partial charge in [-0.2, -0.15) is 0 Å². The second-order valence-corrected chi connectivity index (χ2v) is 8.21. The minimum Gasteiger partial charge on any atom is -0.331 e. The summed E-state index contributed by atoms with van der Waals surface area (Å²) in [6.45, 7) is 6.34. The molecule has 0 amide bonds. The van der Waals surface area contributed by atoms with E-state index in [1.165, 1.54) is 96.3 Å². The smallest absolute Gasteiger partial charge is 0.282 e. The molecule has 0 saturated carbocycles. The summed E-state index contributed by atoms with van der Waals surface area (Å²) in [6, 6.07) is 0. The molecule has 0 saturated heterocycles. The van der Waals surface area contributed by atoms with E-state index in [-0.39, 0.29) is 0 Å². The molecular formula is C25H50O3. The van der Waals surface area contributed by atoms with Crippen molar-refractivity contribution in [1.29, 1.82) is 0 Å². The summed E-state index contributed by atoms with van der Waals surface area (Å²) in [5.74, 6) is -0.127. The average Bonchev–Trinajstić information content (AvgIpc) is 2.73. The van der Waals surface area contributed by atoms with E-state index >= 15 is 0 Å². The molecule has 0 rings (SSSR count). The molecule has 0 N–H and O–H groups in total. The Hall–Kier alpha value is -0.380. The van der Waals surface area contributed by atoms with E-state index in [1.54, 1.807) is 21.3 Å². The molecule has 0 aliphatic rings. The number of unbranched alkanes of at least 4 members (excludes halogenated alkanes) is 12. The van der Waals surface area contributed by atoms with Crippen molar-refractivity contribution in [2.75, 3.05) is 21.3 Å². The monoisotopic (exact) mass is 398 g/mol. The molecule has 0 aliphatic heterocycles. The lowest BCUT2D eigenvalue weighted by Crippen LogP contribution is -2.35. The fraction of sp³-hybridized carbons (Fsp3) is 0.920. The van der Waals surface area contributed by atoms with E-state index in [2.05, 4.69) is 19.6 Å². The van der Waals surface area contributed by atoms with Crippen LogP contribution >= 0.6 is 0 Å². The van der Waals surface area contributed by atoms with Crippen LogP contribution in [0.1, 0.15) is 116 Å². The quantitative estimate of drug-likeness (QED) is 0.105. The first-order chi connectivity index (χ1) is 13.7. The summed E-state index contributed by atoms with van der Waals surface area (Å²) in [4.78, 5) is 0. The van der Waals surface area contributed by atoms with Crippen LogP contribution in [-0.2, 0) is 14.2 Å². The van der Waals surface area contributed by atoms with Crippen molar-refractivity contribution in [2.45, 2.75) is 122 Å². The van der Waals surface area contributed by atoms with Gasteiger partial charge in [-0.1, -0.05) is 96.5 Å². The van der Waals surface area contributed by atoms with Crippen molar-refractivity contribution in [3.8, 4) is 0 Å². The second-order valence-electron chi connectivity index (χ2n) is 8.21. The molecule has 0 fully saturated rings. The molecule has 0 aromatic heterocycles. The van der Waals surface area contributed by atoms with Gasteiger partial charge in [0.2, 0.25) is 0 Å². The van der Waals surface area contributed by atoms with Gasteiger partial charge in [0, 0.05) is 27.8 Å². The zero-order valence-electron chi connectivity index (χ0n) is 19.6. The lowest BCUT2D eigenvalue weighted by atomic mass is 9.94. The van der Waals surface area contributed by atoms with Crippen molar-refractivity contribution in [3.63, 3.8) is 0 Å². The highest BCUT2D eigenvalue weighted by Crippen LogP contribution is 2.22. The topological polar surface area (TPSA) is 27.7 Å². The molecule has 1 unspecified atom stereocenters. The normalized spacial score (nSPS) is 13.0. The Balaban J connectivity index is 3.53. The molecule has 0 bridgehead atoms.